The molecule has 0 saturated heterocycles. The van der Waals surface area contributed by atoms with E-state index in [4.69, 9.17) is 16.3 Å². The number of rotatable bonds is 11. The van der Waals surface area contributed by atoms with Crippen LogP contribution in [0.5, 0.6) is 5.75 Å². The summed E-state index contributed by atoms with van der Waals surface area (Å²) < 4.78 is 19.9. The molecule has 3 aromatic rings. The van der Waals surface area contributed by atoms with Gasteiger partial charge in [0.25, 0.3) is 5.91 Å². The number of nitrogens with one attached hydrogen (secondary N) is 1. The van der Waals surface area contributed by atoms with E-state index < -0.39 is 6.04 Å². The van der Waals surface area contributed by atoms with Crippen molar-refractivity contribution in [2.75, 3.05) is 6.61 Å². The highest BCUT2D eigenvalue weighted by atomic mass is 79.9. The number of carbonyl (C=O) groups is 2. The van der Waals surface area contributed by atoms with E-state index in [1.165, 1.54) is 17.0 Å². The minimum atomic E-state index is -0.795. The molecule has 0 fully saturated rings. The molecule has 3 aromatic carbocycles. The number of ether oxygens (including phenoxy) is 1. The van der Waals surface area contributed by atoms with E-state index in [0.717, 1.165) is 12.0 Å². The van der Waals surface area contributed by atoms with Crippen LogP contribution in [0.3, 0.4) is 0 Å². The summed E-state index contributed by atoms with van der Waals surface area (Å²) in [6.45, 7) is 3.74. The van der Waals surface area contributed by atoms with Crippen LogP contribution in [0, 0.1) is 5.82 Å². The largest absolute Gasteiger partial charge is 0.483 e. The molecule has 2 atom stereocenters. The van der Waals surface area contributed by atoms with Crippen molar-refractivity contribution in [3.63, 3.8) is 0 Å². The van der Waals surface area contributed by atoms with Gasteiger partial charge in [-0.25, -0.2) is 4.39 Å². The average Bonchev–Trinajstić information content (AvgIpc) is 2.87. The second kappa shape index (κ2) is 13.4. The molecule has 190 valence electrons. The van der Waals surface area contributed by atoms with Gasteiger partial charge in [-0.2, -0.15) is 0 Å². The standard InChI is InChI=1S/C28H29BrClFN2O3/c1-3-19(2)32-28(35)25(15-20-7-5-4-6-8-20)33(17-21-9-12-23(31)13-10-21)27(34)18-36-26-14-11-22(30)16-24(26)29/h4-14,16,19,25H,3,15,17-18H2,1-2H3,(H,32,35)/t19-,25+/m0/s1. The van der Waals surface area contributed by atoms with Gasteiger partial charge >= 0.3 is 0 Å². The molecule has 5 nitrogen and oxygen atoms in total. The second-order valence-electron chi connectivity index (χ2n) is 8.53. The molecule has 0 aromatic heterocycles. The van der Waals surface area contributed by atoms with Gasteiger partial charge in [-0.1, -0.05) is 61.0 Å². The first-order valence-electron chi connectivity index (χ1n) is 11.7. The topological polar surface area (TPSA) is 58.6 Å². The summed E-state index contributed by atoms with van der Waals surface area (Å²) >= 11 is 9.40. The highest BCUT2D eigenvalue weighted by Crippen LogP contribution is 2.28. The number of benzene rings is 3. The Kier molecular flexibility index (Phi) is 10.3. The first-order valence-corrected chi connectivity index (χ1v) is 12.9. The molecule has 36 heavy (non-hydrogen) atoms. The molecule has 0 aliphatic rings. The van der Waals surface area contributed by atoms with Gasteiger partial charge in [0.15, 0.2) is 6.61 Å². The van der Waals surface area contributed by atoms with E-state index in [2.05, 4.69) is 21.2 Å². The van der Waals surface area contributed by atoms with Gasteiger partial charge in [0.2, 0.25) is 5.91 Å². The van der Waals surface area contributed by atoms with Crippen LogP contribution in [0.25, 0.3) is 0 Å². The molecule has 0 saturated carbocycles. The zero-order valence-electron chi connectivity index (χ0n) is 20.2. The Labute approximate surface area is 224 Å². The molecule has 1 N–H and O–H groups in total. The quantitative estimate of drug-likeness (QED) is 0.297. The minimum Gasteiger partial charge on any atom is -0.483 e. The van der Waals surface area contributed by atoms with Gasteiger partial charge in [0, 0.05) is 24.0 Å². The maximum absolute atomic E-state index is 13.6. The van der Waals surface area contributed by atoms with Crippen molar-refractivity contribution in [2.45, 2.75) is 45.3 Å². The monoisotopic (exact) mass is 574 g/mol. The summed E-state index contributed by atoms with van der Waals surface area (Å²) in [6, 6.07) is 19.6. The molecule has 0 aliphatic carbocycles. The lowest BCUT2D eigenvalue weighted by Gasteiger charge is -2.32. The first-order chi connectivity index (χ1) is 17.3. The first kappa shape index (κ1) is 27.7. The Morgan fingerprint density at radius 3 is 2.39 bits per heavy atom. The number of halogens is 3. The van der Waals surface area contributed by atoms with Gasteiger partial charge in [0.1, 0.15) is 17.6 Å². The third kappa shape index (κ3) is 8.07. The normalized spacial score (nSPS) is 12.5. The number of amides is 2. The average molecular weight is 576 g/mol. The fourth-order valence-electron chi connectivity index (χ4n) is 3.60. The lowest BCUT2D eigenvalue weighted by Crippen LogP contribution is -2.53. The lowest BCUT2D eigenvalue weighted by atomic mass is 10.0. The van der Waals surface area contributed by atoms with Crippen LogP contribution in [0.15, 0.2) is 77.3 Å². The molecule has 0 aliphatic heterocycles. The van der Waals surface area contributed by atoms with Crippen molar-refractivity contribution in [1.82, 2.24) is 10.2 Å². The molecular formula is C28H29BrClFN2O3. The Morgan fingerprint density at radius 1 is 1.06 bits per heavy atom. The van der Waals surface area contributed by atoms with E-state index in [1.807, 2.05) is 44.2 Å². The molecule has 0 bridgehead atoms. The van der Waals surface area contributed by atoms with Crippen LogP contribution in [-0.4, -0.2) is 35.4 Å². The smallest absolute Gasteiger partial charge is 0.261 e. The molecule has 0 spiro atoms. The lowest BCUT2D eigenvalue weighted by molar-refractivity contribution is -0.143. The summed E-state index contributed by atoms with van der Waals surface area (Å²) in [4.78, 5) is 28.5. The van der Waals surface area contributed by atoms with E-state index in [9.17, 15) is 14.0 Å². The molecule has 0 radical (unpaired) electrons. The van der Waals surface area contributed by atoms with E-state index in [1.54, 1.807) is 30.3 Å². The summed E-state index contributed by atoms with van der Waals surface area (Å²) in [5.74, 6) is -0.543. The second-order valence-corrected chi connectivity index (χ2v) is 9.83. The fraction of sp³-hybridized carbons (Fsp3) is 0.286. The Balaban J connectivity index is 1.91. The van der Waals surface area contributed by atoms with Crippen molar-refractivity contribution in [1.29, 1.82) is 0 Å². The van der Waals surface area contributed by atoms with Gasteiger partial charge < -0.3 is 15.0 Å². The zero-order valence-corrected chi connectivity index (χ0v) is 22.6. The fourth-order valence-corrected chi connectivity index (χ4v) is 4.39. The molecule has 8 heteroatoms. The van der Waals surface area contributed by atoms with E-state index in [0.29, 0.717) is 27.2 Å². The van der Waals surface area contributed by atoms with Crippen molar-refractivity contribution in [3.8, 4) is 5.75 Å². The van der Waals surface area contributed by atoms with Crippen LogP contribution >= 0.6 is 27.5 Å². The van der Waals surface area contributed by atoms with Gasteiger partial charge in [-0.05, 0) is 70.7 Å². The van der Waals surface area contributed by atoms with Crippen LogP contribution in [0.4, 0.5) is 4.39 Å². The Bertz CT molecular complexity index is 1160. The van der Waals surface area contributed by atoms with Crippen molar-refractivity contribution in [3.05, 3.63) is 99.2 Å². The predicted octanol–water partition coefficient (Wildman–Crippen LogP) is 6.18. The van der Waals surface area contributed by atoms with Gasteiger partial charge in [-0.3, -0.25) is 9.59 Å². The van der Waals surface area contributed by atoms with Gasteiger partial charge in [0.05, 0.1) is 4.47 Å². The molecule has 0 unspecified atom stereocenters. The van der Waals surface area contributed by atoms with E-state index in [-0.39, 0.29) is 36.8 Å². The van der Waals surface area contributed by atoms with Crippen LogP contribution in [0.2, 0.25) is 5.02 Å². The summed E-state index contributed by atoms with van der Waals surface area (Å²) in [7, 11) is 0. The van der Waals surface area contributed by atoms with Gasteiger partial charge in [-0.15, -0.1) is 0 Å². The number of nitrogens with zero attached hydrogens (tertiary/aromatic N) is 1. The summed E-state index contributed by atoms with van der Waals surface area (Å²) in [5, 5.41) is 3.54. The summed E-state index contributed by atoms with van der Waals surface area (Å²) in [5.41, 5.74) is 1.62. The van der Waals surface area contributed by atoms with E-state index >= 15 is 0 Å². The highest BCUT2D eigenvalue weighted by Gasteiger charge is 2.31. The van der Waals surface area contributed by atoms with Crippen molar-refractivity contribution < 1.29 is 18.7 Å². The van der Waals surface area contributed by atoms with Crippen molar-refractivity contribution >= 4 is 39.3 Å². The Hall–Kier alpha value is -2.90. The third-order valence-corrected chi connectivity index (χ3v) is 6.64. The zero-order chi connectivity index (χ0) is 26.1. The molecule has 2 amide bonds. The summed E-state index contributed by atoms with van der Waals surface area (Å²) in [6.07, 6.45) is 1.07. The third-order valence-electron chi connectivity index (χ3n) is 5.78. The molecular weight excluding hydrogens is 547 g/mol. The van der Waals surface area contributed by atoms with Crippen LogP contribution < -0.4 is 10.1 Å². The highest BCUT2D eigenvalue weighted by molar-refractivity contribution is 9.10. The molecule has 0 heterocycles. The predicted molar refractivity (Wildman–Crippen MR) is 143 cm³/mol. The SMILES string of the molecule is CC[C@H](C)NC(=O)[C@@H](Cc1ccccc1)N(Cc1ccc(F)cc1)C(=O)COc1ccc(Cl)cc1Br. The maximum Gasteiger partial charge on any atom is 0.261 e. The van der Waals surface area contributed by atoms with Crippen LogP contribution in [0.1, 0.15) is 31.4 Å². The molecule has 3 rings (SSSR count). The number of hydrogen-bond acceptors (Lipinski definition) is 3. The number of hydrogen-bond donors (Lipinski definition) is 1. The van der Waals surface area contributed by atoms with Crippen LogP contribution in [-0.2, 0) is 22.6 Å². The minimum absolute atomic E-state index is 0.0557. The Morgan fingerprint density at radius 2 is 1.75 bits per heavy atom. The van der Waals surface area contributed by atoms with Crippen molar-refractivity contribution in [2.24, 2.45) is 0 Å². The number of carbonyl (C=O) groups excluding carboxylic acids is 2. The maximum atomic E-state index is 13.6.